The Hall–Kier alpha value is -3.42. The van der Waals surface area contributed by atoms with Crippen molar-refractivity contribution in [2.24, 2.45) is 0 Å². The molecule has 1 N–H and O–H groups in total. The highest BCUT2D eigenvalue weighted by Gasteiger charge is 2.21. The largest absolute Gasteiger partial charge is 0.363 e. The summed E-state index contributed by atoms with van der Waals surface area (Å²) in [7, 11) is 0. The summed E-state index contributed by atoms with van der Waals surface area (Å²) >= 11 is 0. The van der Waals surface area contributed by atoms with Crippen LogP contribution in [-0.4, -0.2) is 19.6 Å². The predicted molar refractivity (Wildman–Crippen MR) is 94.6 cm³/mol. The molecular weight excluding hydrogens is 355 g/mol. The van der Waals surface area contributed by atoms with Gasteiger partial charge in [-0.2, -0.15) is 14.6 Å². The Kier molecular flexibility index (Phi) is 4.23. The Morgan fingerprint density at radius 3 is 2.41 bits per heavy atom. The summed E-state index contributed by atoms with van der Waals surface area (Å²) in [6, 6.07) is 10.6. The molecule has 0 spiro atoms. The van der Waals surface area contributed by atoms with Crippen molar-refractivity contribution in [2.45, 2.75) is 13.0 Å². The molecule has 2 aromatic heterocycles. The number of rotatable bonds is 4. The molecule has 4 rings (SSSR count). The third kappa shape index (κ3) is 3.10. The van der Waals surface area contributed by atoms with Crippen molar-refractivity contribution in [3.8, 4) is 11.1 Å². The molecule has 0 aliphatic heterocycles. The van der Waals surface area contributed by atoms with Crippen LogP contribution in [0.5, 0.6) is 0 Å². The van der Waals surface area contributed by atoms with E-state index in [0.29, 0.717) is 18.0 Å². The molecular formula is C19H14F3N5. The smallest absolute Gasteiger partial charge is 0.254 e. The van der Waals surface area contributed by atoms with Crippen molar-refractivity contribution in [2.75, 3.05) is 5.32 Å². The zero-order valence-electron chi connectivity index (χ0n) is 14.2. The second-order valence-electron chi connectivity index (χ2n) is 6.01. The molecule has 5 nitrogen and oxygen atoms in total. The number of halogens is 3. The van der Waals surface area contributed by atoms with Crippen LogP contribution >= 0.6 is 0 Å². The summed E-state index contributed by atoms with van der Waals surface area (Å²) in [4.78, 5) is 8.09. The van der Waals surface area contributed by atoms with Gasteiger partial charge >= 0.3 is 0 Å². The van der Waals surface area contributed by atoms with Crippen molar-refractivity contribution in [1.29, 1.82) is 0 Å². The lowest BCUT2D eigenvalue weighted by molar-refractivity contribution is 0.548. The van der Waals surface area contributed by atoms with Gasteiger partial charge in [0.15, 0.2) is 0 Å². The average Bonchev–Trinajstić information content (AvgIpc) is 3.12. The van der Waals surface area contributed by atoms with Crippen LogP contribution in [0.25, 0.3) is 16.9 Å². The highest BCUT2D eigenvalue weighted by atomic mass is 19.1. The molecule has 1 unspecified atom stereocenters. The summed E-state index contributed by atoms with van der Waals surface area (Å²) in [5, 5.41) is 7.31. The molecule has 0 aliphatic carbocycles. The van der Waals surface area contributed by atoms with E-state index in [1.54, 1.807) is 0 Å². The van der Waals surface area contributed by atoms with E-state index in [-0.39, 0.29) is 22.9 Å². The van der Waals surface area contributed by atoms with Crippen molar-refractivity contribution >= 4 is 11.6 Å². The zero-order valence-corrected chi connectivity index (χ0v) is 14.2. The molecule has 0 radical (unpaired) electrons. The van der Waals surface area contributed by atoms with Crippen molar-refractivity contribution < 1.29 is 13.2 Å². The second kappa shape index (κ2) is 6.71. The summed E-state index contributed by atoms with van der Waals surface area (Å²) in [5.41, 5.74) is 0.698. The molecule has 0 fully saturated rings. The first-order chi connectivity index (χ1) is 13.0. The van der Waals surface area contributed by atoms with Crippen LogP contribution in [0.4, 0.5) is 19.0 Å². The van der Waals surface area contributed by atoms with Gasteiger partial charge in [-0.25, -0.2) is 18.2 Å². The monoisotopic (exact) mass is 369 g/mol. The Morgan fingerprint density at radius 2 is 1.70 bits per heavy atom. The molecule has 0 bridgehead atoms. The summed E-state index contributed by atoms with van der Waals surface area (Å²) in [6.07, 6.45) is 2.59. The molecule has 0 saturated heterocycles. The third-order valence-corrected chi connectivity index (χ3v) is 4.23. The fourth-order valence-corrected chi connectivity index (χ4v) is 2.93. The van der Waals surface area contributed by atoms with Gasteiger partial charge in [-0.3, -0.25) is 0 Å². The van der Waals surface area contributed by atoms with Crippen molar-refractivity contribution in [3.05, 3.63) is 78.0 Å². The van der Waals surface area contributed by atoms with Crippen LogP contribution in [-0.2, 0) is 0 Å². The SMILES string of the molecule is CC(Nc1c(-c2c(F)cc(F)cc2F)cnc2ncnn12)c1ccccc1. The van der Waals surface area contributed by atoms with Crippen molar-refractivity contribution in [3.63, 3.8) is 0 Å². The number of benzene rings is 2. The second-order valence-corrected chi connectivity index (χ2v) is 6.01. The molecule has 27 heavy (non-hydrogen) atoms. The van der Waals surface area contributed by atoms with E-state index < -0.39 is 17.5 Å². The first-order valence-electron chi connectivity index (χ1n) is 8.19. The Bertz CT molecular complexity index is 1090. The zero-order chi connectivity index (χ0) is 19.0. The number of nitrogens with zero attached hydrogens (tertiary/aromatic N) is 4. The van der Waals surface area contributed by atoms with E-state index in [9.17, 15) is 13.2 Å². The number of fused-ring (bicyclic) bond motifs is 1. The van der Waals surface area contributed by atoms with Gasteiger partial charge in [0, 0.05) is 29.9 Å². The third-order valence-electron chi connectivity index (χ3n) is 4.23. The standard InChI is InChI=1S/C19H14F3N5/c1-11(12-5-3-2-4-6-12)26-18-14(9-23-19-24-10-25-27(18)19)17-15(21)7-13(20)8-16(17)22/h2-11,26H,1H3. The molecule has 136 valence electrons. The first kappa shape index (κ1) is 17.0. The van der Waals surface area contributed by atoms with E-state index >= 15 is 0 Å². The van der Waals surface area contributed by atoms with Gasteiger partial charge in [0.1, 0.15) is 29.6 Å². The molecule has 0 saturated carbocycles. The Balaban J connectivity index is 1.89. The summed E-state index contributed by atoms with van der Waals surface area (Å²) in [5.74, 6) is -2.47. The lowest BCUT2D eigenvalue weighted by Crippen LogP contribution is -2.13. The Morgan fingerprint density at radius 1 is 1.00 bits per heavy atom. The molecule has 2 heterocycles. The maximum Gasteiger partial charge on any atom is 0.254 e. The van der Waals surface area contributed by atoms with Gasteiger partial charge in [-0.05, 0) is 12.5 Å². The topological polar surface area (TPSA) is 55.1 Å². The average molecular weight is 369 g/mol. The molecule has 4 aromatic rings. The van der Waals surface area contributed by atoms with Crippen LogP contribution in [0.1, 0.15) is 18.5 Å². The van der Waals surface area contributed by atoms with Crippen LogP contribution in [0, 0.1) is 17.5 Å². The highest BCUT2D eigenvalue weighted by Crippen LogP contribution is 2.34. The van der Waals surface area contributed by atoms with Gasteiger partial charge in [0.25, 0.3) is 5.78 Å². The van der Waals surface area contributed by atoms with Crippen LogP contribution in [0.2, 0.25) is 0 Å². The van der Waals surface area contributed by atoms with Crippen molar-refractivity contribution in [1.82, 2.24) is 19.6 Å². The maximum atomic E-state index is 14.4. The van der Waals surface area contributed by atoms with E-state index in [0.717, 1.165) is 5.56 Å². The predicted octanol–water partition coefficient (Wildman–Crippen LogP) is 4.38. The highest BCUT2D eigenvalue weighted by molar-refractivity contribution is 5.77. The van der Waals surface area contributed by atoms with E-state index in [2.05, 4.69) is 20.4 Å². The van der Waals surface area contributed by atoms with Crippen LogP contribution in [0.3, 0.4) is 0 Å². The normalized spacial score (nSPS) is 12.3. The fraction of sp³-hybridized carbons (Fsp3) is 0.105. The number of hydrogen-bond donors (Lipinski definition) is 1. The Labute approximate surface area is 152 Å². The first-order valence-corrected chi connectivity index (χ1v) is 8.19. The number of aromatic nitrogens is 4. The summed E-state index contributed by atoms with van der Waals surface area (Å²) < 4.78 is 43.4. The maximum absolute atomic E-state index is 14.4. The van der Waals surface area contributed by atoms with Gasteiger partial charge in [-0.1, -0.05) is 30.3 Å². The fourth-order valence-electron chi connectivity index (χ4n) is 2.93. The number of anilines is 1. The van der Waals surface area contributed by atoms with E-state index in [1.807, 2.05) is 37.3 Å². The molecule has 0 aliphatic rings. The van der Waals surface area contributed by atoms with Gasteiger partial charge in [0.05, 0.1) is 5.56 Å². The van der Waals surface area contributed by atoms with E-state index in [1.165, 1.54) is 17.0 Å². The quantitative estimate of drug-likeness (QED) is 0.580. The van der Waals surface area contributed by atoms with Gasteiger partial charge < -0.3 is 5.32 Å². The minimum Gasteiger partial charge on any atom is -0.363 e. The lowest BCUT2D eigenvalue weighted by Gasteiger charge is -2.19. The molecule has 1 atom stereocenters. The lowest BCUT2D eigenvalue weighted by atomic mass is 10.0. The minimum atomic E-state index is -1.02. The van der Waals surface area contributed by atoms with E-state index in [4.69, 9.17) is 0 Å². The van der Waals surface area contributed by atoms with Gasteiger partial charge in [-0.15, -0.1) is 0 Å². The molecule has 0 amide bonds. The minimum absolute atomic E-state index is 0.116. The van der Waals surface area contributed by atoms with Crippen LogP contribution in [0.15, 0.2) is 55.0 Å². The molecule has 2 aromatic carbocycles. The number of hydrogen-bond acceptors (Lipinski definition) is 4. The molecule has 8 heteroatoms. The van der Waals surface area contributed by atoms with Gasteiger partial charge in [0.2, 0.25) is 0 Å². The van der Waals surface area contributed by atoms with Crippen LogP contribution < -0.4 is 5.32 Å². The summed E-state index contributed by atoms with van der Waals surface area (Å²) in [6.45, 7) is 1.90. The number of nitrogens with one attached hydrogen (secondary N) is 1.